The van der Waals surface area contributed by atoms with Crippen LogP contribution in [0.15, 0.2) is 42.6 Å². The number of para-hydroxylation sites is 1. The van der Waals surface area contributed by atoms with E-state index in [1.165, 1.54) is 5.56 Å². The summed E-state index contributed by atoms with van der Waals surface area (Å²) in [5.74, 6) is 0.859. The molecular weight excluding hydrogens is 224 g/mol. The third-order valence-corrected chi connectivity index (χ3v) is 2.91. The van der Waals surface area contributed by atoms with Crippen molar-refractivity contribution in [3.63, 3.8) is 0 Å². The molecule has 1 aromatic heterocycles. The summed E-state index contributed by atoms with van der Waals surface area (Å²) >= 11 is 0. The Bertz CT molecular complexity index is 534. The minimum atomic E-state index is 0.597. The average Bonchev–Trinajstić information content (AvgIpc) is 2.42. The van der Waals surface area contributed by atoms with Crippen molar-refractivity contribution in [2.45, 2.75) is 13.8 Å². The van der Waals surface area contributed by atoms with Crippen molar-refractivity contribution in [3.05, 3.63) is 53.7 Å². The van der Waals surface area contributed by atoms with Gasteiger partial charge in [-0.05, 0) is 37.6 Å². The van der Waals surface area contributed by atoms with Crippen LogP contribution in [0.3, 0.4) is 0 Å². The van der Waals surface area contributed by atoms with Crippen LogP contribution in [-0.4, -0.2) is 17.8 Å². The fourth-order valence-corrected chi connectivity index (χ4v) is 1.95. The molecule has 3 heteroatoms. The number of hydrogen-bond acceptors (Lipinski definition) is 3. The van der Waals surface area contributed by atoms with Crippen molar-refractivity contribution in [2.75, 3.05) is 11.4 Å². The third-order valence-electron chi connectivity index (χ3n) is 2.91. The van der Waals surface area contributed by atoms with E-state index in [4.69, 9.17) is 0 Å². The van der Waals surface area contributed by atoms with Gasteiger partial charge in [-0.25, -0.2) is 4.98 Å². The lowest BCUT2D eigenvalue weighted by molar-refractivity contribution is 0.112. The Morgan fingerprint density at radius 3 is 2.56 bits per heavy atom. The fraction of sp³-hybridized carbons (Fsp3) is 0.200. The number of anilines is 2. The molecule has 0 aliphatic heterocycles. The van der Waals surface area contributed by atoms with E-state index >= 15 is 0 Å². The van der Waals surface area contributed by atoms with Crippen molar-refractivity contribution in [3.8, 4) is 0 Å². The smallest absolute Gasteiger partial charge is 0.151 e. The maximum atomic E-state index is 10.6. The topological polar surface area (TPSA) is 33.2 Å². The predicted molar refractivity (Wildman–Crippen MR) is 73.5 cm³/mol. The Labute approximate surface area is 107 Å². The Kier molecular flexibility index (Phi) is 3.72. The van der Waals surface area contributed by atoms with Gasteiger partial charge in [-0.2, -0.15) is 0 Å². The van der Waals surface area contributed by atoms with E-state index < -0.39 is 0 Å². The van der Waals surface area contributed by atoms with Crippen LogP contribution in [0.2, 0.25) is 0 Å². The van der Waals surface area contributed by atoms with Gasteiger partial charge in [0, 0.05) is 24.0 Å². The molecule has 0 amide bonds. The molecule has 92 valence electrons. The first-order chi connectivity index (χ1) is 8.76. The van der Waals surface area contributed by atoms with E-state index in [-0.39, 0.29) is 0 Å². The lowest BCUT2D eigenvalue weighted by Gasteiger charge is -2.23. The minimum absolute atomic E-state index is 0.597. The van der Waals surface area contributed by atoms with Gasteiger partial charge in [-0.3, -0.25) is 4.79 Å². The highest BCUT2D eigenvalue weighted by molar-refractivity contribution is 5.75. The maximum Gasteiger partial charge on any atom is 0.151 e. The van der Waals surface area contributed by atoms with E-state index in [9.17, 15) is 4.79 Å². The summed E-state index contributed by atoms with van der Waals surface area (Å²) in [4.78, 5) is 17.1. The van der Waals surface area contributed by atoms with E-state index in [1.54, 1.807) is 12.3 Å². The Balaban J connectivity index is 2.39. The highest BCUT2D eigenvalue weighted by atomic mass is 16.1. The monoisotopic (exact) mass is 240 g/mol. The molecule has 0 spiro atoms. The number of nitrogens with zero attached hydrogens (tertiary/aromatic N) is 2. The lowest BCUT2D eigenvalue weighted by Crippen LogP contribution is -2.18. The fourth-order valence-electron chi connectivity index (χ4n) is 1.95. The number of rotatable bonds is 4. The SMILES string of the molecule is CCN(c1ccc(C=O)cn1)c1ccccc1C. The summed E-state index contributed by atoms with van der Waals surface area (Å²) in [5, 5.41) is 0. The number of benzene rings is 1. The first-order valence-corrected chi connectivity index (χ1v) is 6.00. The first-order valence-electron chi connectivity index (χ1n) is 6.00. The molecule has 0 radical (unpaired) electrons. The van der Waals surface area contributed by atoms with Crippen LogP contribution in [-0.2, 0) is 0 Å². The van der Waals surface area contributed by atoms with Crippen LogP contribution in [0.5, 0.6) is 0 Å². The van der Waals surface area contributed by atoms with Crippen LogP contribution in [0.4, 0.5) is 11.5 Å². The van der Waals surface area contributed by atoms with Crippen LogP contribution in [0, 0.1) is 6.92 Å². The van der Waals surface area contributed by atoms with E-state index in [0.29, 0.717) is 5.56 Å². The molecule has 1 heterocycles. The van der Waals surface area contributed by atoms with Gasteiger partial charge >= 0.3 is 0 Å². The first kappa shape index (κ1) is 12.3. The number of aromatic nitrogens is 1. The summed E-state index contributed by atoms with van der Waals surface area (Å²) in [6, 6.07) is 11.9. The number of carbonyl (C=O) groups is 1. The average molecular weight is 240 g/mol. The number of hydrogen-bond donors (Lipinski definition) is 0. The highest BCUT2D eigenvalue weighted by Gasteiger charge is 2.10. The Morgan fingerprint density at radius 1 is 1.22 bits per heavy atom. The zero-order chi connectivity index (χ0) is 13.0. The van der Waals surface area contributed by atoms with Crippen LogP contribution >= 0.6 is 0 Å². The van der Waals surface area contributed by atoms with Gasteiger partial charge in [-0.15, -0.1) is 0 Å². The largest absolute Gasteiger partial charge is 0.326 e. The van der Waals surface area contributed by atoms with Gasteiger partial charge in [0.25, 0.3) is 0 Å². The second kappa shape index (κ2) is 5.45. The van der Waals surface area contributed by atoms with Crippen LogP contribution in [0.1, 0.15) is 22.8 Å². The van der Waals surface area contributed by atoms with E-state index in [0.717, 1.165) is 24.3 Å². The second-order valence-corrected chi connectivity index (χ2v) is 4.10. The van der Waals surface area contributed by atoms with Gasteiger partial charge in [0.1, 0.15) is 5.82 Å². The standard InChI is InChI=1S/C15H16N2O/c1-3-17(14-7-5-4-6-12(14)2)15-9-8-13(11-18)10-16-15/h4-11H,3H2,1-2H3. The molecule has 0 unspecified atom stereocenters. The quantitative estimate of drug-likeness (QED) is 0.768. The van der Waals surface area contributed by atoms with Gasteiger partial charge < -0.3 is 4.90 Å². The Hall–Kier alpha value is -2.16. The predicted octanol–water partition coefficient (Wildman–Crippen LogP) is 3.36. The maximum absolute atomic E-state index is 10.6. The lowest BCUT2D eigenvalue weighted by atomic mass is 10.2. The zero-order valence-corrected chi connectivity index (χ0v) is 10.6. The number of pyridine rings is 1. The zero-order valence-electron chi connectivity index (χ0n) is 10.6. The molecule has 3 nitrogen and oxygen atoms in total. The van der Waals surface area contributed by atoms with Crippen LogP contribution in [0.25, 0.3) is 0 Å². The summed E-state index contributed by atoms with van der Waals surface area (Å²) in [6.45, 7) is 5.00. The van der Waals surface area contributed by atoms with Crippen molar-refractivity contribution in [2.24, 2.45) is 0 Å². The number of aldehydes is 1. The van der Waals surface area contributed by atoms with Gasteiger partial charge in [-0.1, -0.05) is 18.2 Å². The minimum Gasteiger partial charge on any atom is -0.326 e. The normalized spacial score (nSPS) is 10.1. The summed E-state index contributed by atoms with van der Waals surface area (Å²) in [7, 11) is 0. The molecule has 0 aliphatic rings. The summed E-state index contributed by atoms with van der Waals surface area (Å²) in [6.07, 6.45) is 2.41. The molecule has 18 heavy (non-hydrogen) atoms. The third kappa shape index (κ3) is 2.40. The Morgan fingerprint density at radius 2 is 2.00 bits per heavy atom. The number of carbonyl (C=O) groups excluding carboxylic acids is 1. The van der Waals surface area contributed by atoms with Crippen LogP contribution < -0.4 is 4.90 Å². The molecule has 1 aromatic carbocycles. The van der Waals surface area contributed by atoms with Crippen molar-refractivity contribution < 1.29 is 4.79 Å². The van der Waals surface area contributed by atoms with Crippen molar-refractivity contribution in [1.82, 2.24) is 4.98 Å². The van der Waals surface area contributed by atoms with E-state index in [1.807, 2.05) is 18.2 Å². The van der Waals surface area contributed by atoms with Gasteiger partial charge in [0.05, 0.1) is 0 Å². The molecule has 0 atom stereocenters. The van der Waals surface area contributed by atoms with Gasteiger partial charge in [0.15, 0.2) is 6.29 Å². The van der Waals surface area contributed by atoms with Crippen molar-refractivity contribution >= 4 is 17.8 Å². The highest BCUT2D eigenvalue weighted by Crippen LogP contribution is 2.26. The summed E-state index contributed by atoms with van der Waals surface area (Å²) < 4.78 is 0. The molecule has 0 aliphatic carbocycles. The second-order valence-electron chi connectivity index (χ2n) is 4.10. The molecule has 0 fully saturated rings. The molecule has 0 saturated carbocycles. The molecular formula is C15H16N2O. The van der Waals surface area contributed by atoms with Crippen molar-refractivity contribution in [1.29, 1.82) is 0 Å². The molecule has 0 bridgehead atoms. The molecule has 0 N–H and O–H groups in total. The molecule has 2 rings (SSSR count). The number of aryl methyl sites for hydroxylation is 1. The molecule has 0 saturated heterocycles. The summed E-state index contributed by atoms with van der Waals surface area (Å²) in [5.41, 5.74) is 2.95. The van der Waals surface area contributed by atoms with E-state index in [2.05, 4.69) is 35.9 Å². The van der Waals surface area contributed by atoms with Gasteiger partial charge in [0.2, 0.25) is 0 Å². The molecule has 2 aromatic rings.